The molecular formula is C12H14INO3. The van der Waals surface area contributed by atoms with Crippen molar-refractivity contribution in [3.8, 4) is 0 Å². The summed E-state index contributed by atoms with van der Waals surface area (Å²) in [6.45, 7) is 4.47. The molecule has 0 saturated carbocycles. The molecule has 0 saturated heterocycles. The van der Waals surface area contributed by atoms with Gasteiger partial charge in [0.2, 0.25) is 0 Å². The number of hydrogen-bond donors (Lipinski definition) is 1. The second kappa shape index (κ2) is 6.58. The minimum atomic E-state index is -0.400. The standard InChI is InChI=1S/C12H14INO3/c1-3-14-11(15)8-6-5-7-9(10(8)13)12(16)17-4-2/h5-7H,3-4H2,1-2H3,(H,14,15). The summed E-state index contributed by atoms with van der Waals surface area (Å²) in [5.41, 5.74) is 0.925. The zero-order chi connectivity index (χ0) is 12.8. The molecule has 0 bridgehead atoms. The number of rotatable bonds is 4. The molecule has 0 aliphatic rings. The number of carbonyl (C=O) groups excluding carboxylic acids is 2. The summed E-state index contributed by atoms with van der Waals surface area (Å²) in [6.07, 6.45) is 0. The first-order valence-electron chi connectivity index (χ1n) is 5.35. The molecule has 1 rings (SSSR count). The van der Waals surface area contributed by atoms with E-state index in [-0.39, 0.29) is 5.91 Å². The van der Waals surface area contributed by atoms with Gasteiger partial charge in [-0.1, -0.05) is 6.07 Å². The van der Waals surface area contributed by atoms with Gasteiger partial charge < -0.3 is 10.1 Å². The van der Waals surface area contributed by atoms with Gasteiger partial charge in [-0.15, -0.1) is 0 Å². The fourth-order valence-corrected chi connectivity index (χ4v) is 2.15. The third-order valence-electron chi connectivity index (χ3n) is 2.08. The number of hydrogen-bond acceptors (Lipinski definition) is 3. The Morgan fingerprint density at radius 1 is 1.29 bits per heavy atom. The summed E-state index contributed by atoms with van der Waals surface area (Å²) >= 11 is 1.99. The molecule has 0 heterocycles. The molecule has 0 aliphatic heterocycles. The number of nitrogens with one attached hydrogen (secondary N) is 1. The molecule has 92 valence electrons. The molecule has 0 fully saturated rings. The average molecular weight is 347 g/mol. The van der Waals surface area contributed by atoms with Gasteiger partial charge in [0.1, 0.15) is 0 Å². The Morgan fingerprint density at radius 3 is 2.53 bits per heavy atom. The van der Waals surface area contributed by atoms with Crippen LogP contribution in [0.3, 0.4) is 0 Å². The lowest BCUT2D eigenvalue weighted by Crippen LogP contribution is -2.24. The molecule has 0 aromatic heterocycles. The molecule has 1 aromatic carbocycles. The zero-order valence-corrected chi connectivity index (χ0v) is 11.9. The van der Waals surface area contributed by atoms with Gasteiger partial charge in [-0.05, 0) is 48.6 Å². The van der Waals surface area contributed by atoms with E-state index in [9.17, 15) is 9.59 Å². The number of esters is 1. The maximum absolute atomic E-state index is 11.7. The van der Waals surface area contributed by atoms with Crippen LogP contribution in [0.25, 0.3) is 0 Å². The second-order valence-electron chi connectivity index (χ2n) is 3.25. The van der Waals surface area contributed by atoms with Crippen molar-refractivity contribution in [1.82, 2.24) is 5.32 Å². The van der Waals surface area contributed by atoms with Gasteiger partial charge in [-0.3, -0.25) is 4.79 Å². The predicted octanol–water partition coefficient (Wildman–Crippen LogP) is 2.22. The minimum absolute atomic E-state index is 0.178. The first-order chi connectivity index (χ1) is 8.11. The zero-order valence-electron chi connectivity index (χ0n) is 9.75. The molecule has 1 amide bonds. The number of benzene rings is 1. The molecule has 0 aliphatic carbocycles. The van der Waals surface area contributed by atoms with Crippen molar-refractivity contribution in [3.63, 3.8) is 0 Å². The van der Waals surface area contributed by atoms with Gasteiger partial charge in [-0.2, -0.15) is 0 Å². The summed E-state index contributed by atoms with van der Waals surface area (Å²) in [6, 6.07) is 5.02. The molecule has 4 nitrogen and oxygen atoms in total. The van der Waals surface area contributed by atoms with Crippen LogP contribution in [-0.2, 0) is 4.74 Å². The van der Waals surface area contributed by atoms with Crippen LogP contribution in [-0.4, -0.2) is 25.0 Å². The average Bonchev–Trinajstić information content (AvgIpc) is 2.29. The maximum atomic E-state index is 11.7. The lowest BCUT2D eigenvalue weighted by molar-refractivity contribution is 0.0525. The van der Waals surface area contributed by atoms with Gasteiger partial charge >= 0.3 is 5.97 Å². The largest absolute Gasteiger partial charge is 0.462 e. The van der Waals surface area contributed by atoms with E-state index in [0.29, 0.717) is 27.8 Å². The van der Waals surface area contributed by atoms with Crippen LogP contribution < -0.4 is 5.32 Å². The van der Waals surface area contributed by atoms with Crippen molar-refractivity contribution in [2.45, 2.75) is 13.8 Å². The van der Waals surface area contributed by atoms with E-state index in [0.717, 1.165) is 0 Å². The van der Waals surface area contributed by atoms with E-state index in [2.05, 4.69) is 5.32 Å². The van der Waals surface area contributed by atoms with Crippen LogP contribution in [0.1, 0.15) is 34.6 Å². The SMILES string of the molecule is CCNC(=O)c1cccc(C(=O)OCC)c1I. The number of amides is 1. The van der Waals surface area contributed by atoms with Gasteiger partial charge in [0.15, 0.2) is 0 Å². The van der Waals surface area contributed by atoms with Crippen molar-refractivity contribution in [1.29, 1.82) is 0 Å². The fraction of sp³-hybridized carbons (Fsp3) is 0.333. The van der Waals surface area contributed by atoms with Crippen LogP contribution in [0.2, 0.25) is 0 Å². The summed E-state index contributed by atoms with van der Waals surface area (Å²) < 4.78 is 5.55. The Hall–Kier alpha value is -1.11. The van der Waals surface area contributed by atoms with Crippen molar-refractivity contribution < 1.29 is 14.3 Å². The number of carbonyl (C=O) groups is 2. The fourth-order valence-electron chi connectivity index (χ4n) is 1.33. The van der Waals surface area contributed by atoms with Gasteiger partial charge in [-0.25, -0.2) is 4.79 Å². The van der Waals surface area contributed by atoms with Crippen LogP contribution in [0.4, 0.5) is 0 Å². The third-order valence-corrected chi connectivity index (χ3v) is 3.24. The normalized spacial score (nSPS) is 9.82. The van der Waals surface area contributed by atoms with E-state index in [4.69, 9.17) is 4.74 Å². The Bertz CT molecular complexity index is 396. The molecule has 5 heteroatoms. The van der Waals surface area contributed by atoms with Crippen molar-refractivity contribution >= 4 is 34.5 Å². The lowest BCUT2D eigenvalue weighted by atomic mass is 10.1. The second-order valence-corrected chi connectivity index (χ2v) is 4.33. The Morgan fingerprint density at radius 2 is 1.94 bits per heavy atom. The van der Waals surface area contributed by atoms with E-state index >= 15 is 0 Å². The van der Waals surface area contributed by atoms with E-state index in [1.165, 1.54) is 0 Å². The Labute approximate surface area is 114 Å². The monoisotopic (exact) mass is 347 g/mol. The molecular weight excluding hydrogens is 333 g/mol. The van der Waals surface area contributed by atoms with E-state index < -0.39 is 5.97 Å². The summed E-state index contributed by atoms with van der Waals surface area (Å²) in [4.78, 5) is 23.4. The summed E-state index contributed by atoms with van der Waals surface area (Å²) in [5.74, 6) is -0.578. The van der Waals surface area contributed by atoms with E-state index in [1.54, 1.807) is 25.1 Å². The highest BCUT2D eigenvalue weighted by Crippen LogP contribution is 2.18. The van der Waals surface area contributed by atoms with Crippen molar-refractivity contribution in [2.24, 2.45) is 0 Å². The minimum Gasteiger partial charge on any atom is -0.462 e. The van der Waals surface area contributed by atoms with Gasteiger partial charge in [0.05, 0.1) is 17.7 Å². The molecule has 0 radical (unpaired) electrons. The van der Waals surface area contributed by atoms with Crippen LogP contribution in [0.15, 0.2) is 18.2 Å². The molecule has 0 atom stereocenters. The maximum Gasteiger partial charge on any atom is 0.339 e. The van der Waals surface area contributed by atoms with Crippen LogP contribution >= 0.6 is 22.6 Å². The molecule has 0 spiro atoms. The topological polar surface area (TPSA) is 55.4 Å². The predicted molar refractivity (Wildman–Crippen MR) is 73.1 cm³/mol. The summed E-state index contributed by atoms with van der Waals surface area (Å²) in [7, 11) is 0. The van der Waals surface area contributed by atoms with Crippen LogP contribution in [0, 0.1) is 3.57 Å². The Kier molecular flexibility index (Phi) is 5.40. The first kappa shape index (κ1) is 14.0. The third kappa shape index (κ3) is 3.42. The highest BCUT2D eigenvalue weighted by molar-refractivity contribution is 14.1. The van der Waals surface area contributed by atoms with Crippen molar-refractivity contribution in [2.75, 3.05) is 13.2 Å². The quantitative estimate of drug-likeness (QED) is 0.671. The van der Waals surface area contributed by atoms with Crippen LogP contribution in [0.5, 0.6) is 0 Å². The number of ether oxygens (including phenoxy) is 1. The van der Waals surface area contributed by atoms with Crippen molar-refractivity contribution in [3.05, 3.63) is 32.9 Å². The first-order valence-corrected chi connectivity index (χ1v) is 6.43. The Balaban J connectivity index is 3.07. The van der Waals surface area contributed by atoms with E-state index in [1.807, 2.05) is 29.5 Å². The highest BCUT2D eigenvalue weighted by Gasteiger charge is 2.17. The number of halogens is 1. The smallest absolute Gasteiger partial charge is 0.339 e. The van der Waals surface area contributed by atoms with Gasteiger partial charge in [0.25, 0.3) is 5.91 Å². The highest BCUT2D eigenvalue weighted by atomic mass is 127. The van der Waals surface area contributed by atoms with Gasteiger partial charge in [0, 0.05) is 10.1 Å². The molecule has 1 aromatic rings. The molecule has 1 N–H and O–H groups in total. The lowest BCUT2D eigenvalue weighted by Gasteiger charge is -2.08. The molecule has 0 unspecified atom stereocenters. The summed E-state index contributed by atoms with van der Waals surface area (Å²) in [5, 5.41) is 2.70. The molecule has 17 heavy (non-hydrogen) atoms.